The normalized spacial score (nSPS) is 12.8. The Morgan fingerprint density at radius 2 is 1.17 bits per heavy atom. The summed E-state index contributed by atoms with van der Waals surface area (Å²) < 4.78 is 9.08. The number of hydrogen-bond acceptors (Lipinski definition) is 2. The van der Waals surface area contributed by atoms with Gasteiger partial charge in [-0.25, -0.2) is 0 Å². The van der Waals surface area contributed by atoms with Crippen molar-refractivity contribution in [2.24, 2.45) is 0 Å². The third kappa shape index (κ3) is 3.87. The summed E-state index contributed by atoms with van der Waals surface area (Å²) in [7, 11) is 0. The summed E-state index contributed by atoms with van der Waals surface area (Å²) in [6.45, 7) is 0. The van der Waals surface area contributed by atoms with Crippen molar-refractivity contribution in [3.8, 4) is 50.6 Å². The fourth-order valence-electron chi connectivity index (χ4n) is 7.36. The number of fused-ring (bicyclic) bond motifs is 7. The first-order valence-corrected chi connectivity index (χ1v) is 16.6. The predicted octanol–water partition coefficient (Wildman–Crippen LogP) is 10.1. The molecular weight excluding hydrogens is 577 g/mol. The summed E-state index contributed by atoms with van der Waals surface area (Å²) in [5.41, 5.74) is 13.4. The summed E-state index contributed by atoms with van der Waals surface area (Å²) in [5, 5.41) is 2.53. The molecule has 0 saturated carbocycles. The third-order valence-electron chi connectivity index (χ3n) is 9.47. The van der Waals surface area contributed by atoms with E-state index in [0.29, 0.717) is 0 Å². The zero-order chi connectivity index (χ0) is 30.2. The van der Waals surface area contributed by atoms with Gasteiger partial charge < -0.3 is 9.30 Å². The summed E-state index contributed by atoms with van der Waals surface area (Å²) >= 11 is 1.94. The Bertz CT molecular complexity index is 2450. The average Bonchev–Trinajstić information content (AvgIpc) is 3.46. The molecule has 2 aliphatic rings. The SMILES string of the molecule is c1ccc(-c2ccc3c(c2)SB2c4ccccc4Oc4cc(-c5cccc(-n6c7ccccc7c7ccccc76)c5)cc-3c42)cc1. The van der Waals surface area contributed by atoms with E-state index in [-0.39, 0.29) is 5.99 Å². The van der Waals surface area contributed by atoms with Crippen LogP contribution in [0, 0.1) is 0 Å². The van der Waals surface area contributed by atoms with E-state index in [4.69, 9.17) is 4.74 Å². The first-order valence-electron chi connectivity index (χ1n) is 15.7. The molecule has 0 atom stereocenters. The van der Waals surface area contributed by atoms with Crippen LogP contribution in [0.2, 0.25) is 0 Å². The highest BCUT2D eigenvalue weighted by molar-refractivity contribution is 8.28. The van der Waals surface area contributed by atoms with Crippen molar-refractivity contribution < 1.29 is 4.74 Å². The van der Waals surface area contributed by atoms with Crippen molar-refractivity contribution in [2.45, 2.75) is 4.90 Å². The van der Waals surface area contributed by atoms with Crippen LogP contribution < -0.4 is 15.7 Å². The quantitative estimate of drug-likeness (QED) is 0.187. The Hall–Kier alpha value is -5.45. The van der Waals surface area contributed by atoms with Gasteiger partial charge in [0.1, 0.15) is 11.5 Å². The molecular formula is C42H26BNOS. The molecule has 0 aliphatic carbocycles. The van der Waals surface area contributed by atoms with Crippen LogP contribution >= 0.6 is 11.6 Å². The van der Waals surface area contributed by atoms with Gasteiger partial charge >= 0.3 is 0 Å². The van der Waals surface area contributed by atoms with E-state index < -0.39 is 0 Å². The minimum atomic E-state index is 0.173. The molecule has 4 heteroatoms. The maximum absolute atomic E-state index is 6.69. The van der Waals surface area contributed by atoms with Crippen LogP contribution in [-0.4, -0.2) is 10.6 Å². The van der Waals surface area contributed by atoms with Crippen molar-refractivity contribution in [1.29, 1.82) is 0 Å². The second kappa shape index (κ2) is 10.0. The number of rotatable bonds is 3. The highest BCUT2D eigenvalue weighted by Gasteiger charge is 2.38. The second-order valence-corrected chi connectivity index (χ2v) is 13.2. The molecule has 0 bridgehead atoms. The third-order valence-corrected chi connectivity index (χ3v) is 10.8. The van der Waals surface area contributed by atoms with Crippen LogP contribution in [0.5, 0.6) is 11.5 Å². The van der Waals surface area contributed by atoms with Gasteiger partial charge in [-0.05, 0) is 92.8 Å². The molecule has 2 nitrogen and oxygen atoms in total. The van der Waals surface area contributed by atoms with E-state index in [9.17, 15) is 0 Å². The maximum atomic E-state index is 6.69. The molecule has 10 rings (SSSR count). The minimum absolute atomic E-state index is 0.173. The van der Waals surface area contributed by atoms with Crippen LogP contribution in [0.1, 0.15) is 0 Å². The fraction of sp³-hybridized carbons (Fsp3) is 0. The number of para-hydroxylation sites is 3. The summed E-state index contributed by atoms with van der Waals surface area (Å²) in [4.78, 5) is 1.30. The Labute approximate surface area is 271 Å². The number of ether oxygens (including phenoxy) is 1. The van der Waals surface area contributed by atoms with Gasteiger partial charge in [-0.1, -0.05) is 109 Å². The Kier molecular flexibility index (Phi) is 5.64. The van der Waals surface area contributed by atoms with Gasteiger partial charge in [-0.2, -0.15) is 11.6 Å². The van der Waals surface area contributed by atoms with Crippen LogP contribution in [0.25, 0.3) is 60.9 Å². The average molecular weight is 604 g/mol. The highest BCUT2D eigenvalue weighted by Crippen LogP contribution is 2.46. The van der Waals surface area contributed by atoms with E-state index in [0.717, 1.165) is 28.3 Å². The lowest BCUT2D eigenvalue weighted by Gasteiger charge is -2.33. The van der Waals surface area contributed by atoms with Crippen molar-refractivity contribution in [1.82, 2.24) is 4.57 Å². The van der Waals surface area contributed by atoms with Crippen LogP contribution in [0.4, 0.5) is 0 Å². The van der Waals surface area contributed by atoms with E-state index in [1.54, 1.807) is 0 Å². The highest BCUT2D eigenvalue weighted by atomic mass is 32.2. The molecule has 0 spiro atoms. The van der Waals surface area contributed by atoms with Gasteiger partial charge in [-0.15, -0.1) is 0 Å². The van der Waals surface area contributed by atoms with Gasteiger partial charge in [0.15, 0.2) is 0 Å². The number of aromatic nitrogens is 1. The van der Waals surface area contributed by atoms with Gasteiger partial charge in [0.05, 0.1) is 11.0 Å². The Morgan fingerprint density at radius 1 is 0.478 bits per heavy atom. The standard InChI is InChI=1S/C42H26BNOS/c1-2-11-27(12-3-1)29-21-22-34-35-24-30(25-40-42(35)43(46-41(34)26-29)36-17-6-9-20-39(36)45-40)28-13-10-14-31(23-28)44-37-18-7-4-15-32(37)33-16-5-8-19-38(33)44/h1-26H. The molecule has 46 heavy (non-hydrogen) atoms. The zero-order valence-electron chi connectivity index (χ0n) is 24.9. The van der Waals surface area contributed by atoms with E-state index in [2.05, 4.69) is 162 Å². The van der Waals surface area contributed by atoms with Gasteiger partial charge in [0, 0.05) is 21.4 Å². The van der Waals surface area contributed by atoms with Crippen LogP contribution in [0.3, 0.4) is 0 Å². The molecule has 0 N–H and O–H groups in total. The molecule has 3 heterocycles. The molecule has 214 valence electrons. The van der Waals surface area contributed by atoms with Crippen LogP contribution in [0.15, 0.2) is 163 Å². The lowest BCUT2D eigenvalue weighted by atomic mass is 9.57. The maximum Gasteiger partial charge on any atom is 0.289 e. The topological polar surface area (TPSA) is 14.2 Å². The summed E-state index contributed by atoms with van der Waals surface area (Å²) in [6, 6.07) is 57.0. The fourth-order valence-corrected chi connectivity index (χ4v) is 8.80. The first-order chi connectivity index (χ1) is 22.8. The number of benzene rings is 7. The van der Waals surface area contributed by atoms with Crippen molar-refractivity contribution >= 4 is 50.3 Å². The molecule has 0 saturated heterocycles. The van der Waals surface area contributed by atoms with E-state index in [1.807, 2.05) is 11.6 Å². The molecule has 0 unspecified atom stereocenters. The minimum Gasteiger partial charge on any atom is -0.458 e. The Balaban J connectivity index is 1.17. The largest absolute Gasteiger partial charge is 0.458 e. The zero-order valence-corrected chi connectivity index (χ0v) is 25.7. The first kappa shape index (κ1) is 25.8. The van der Waals surface area contributed by atoms with Gasteiger partial charge in [0.2, 0.25) is 0 Å². The van der Waals surface area contributed by atoms with Crippen LogP contribution in [-0.2, 0) is 0 Å². The Morgan fingerprint density at radius 3 is 2.00 bits per heavy atom. The summed E-state index contributed by atoms with van der Waals surface area (Å²) in [5.74, 6) is 2.06. The second-order valence-electron chi connectivity index (χ2n) is 12.1. The van der Waals surface area contributed by atoms with Crippen molar-refractivity contribution in [3.05, 3.63) is 158 Å². The summed E-state index contributed by atoms with van der Waals surface area (Å²) in [6.07, 6.45) is 0. The van der Waals surface area contributed by atoms with Gasteiger partial charge in [-0.3, -0.25) is 0 Å². The van der Waals surface area contributed by atoms with Crippen molar-refractivity contribution in [3.63, 3.8) is 0 Å². The smallest absolute Gasteiger partial charge is 0.289 e. The lowest BCUT2D eigenvalue weighted by Crippen LogP contribution is -2.46. The molecule has 7 aromatic carbocycles. The monoisotopic (exact) mass is 603 g/mol. The predicted molar refractivity (Wildman–Crippen MR) is 194 cm³/mol. The lowest BCUT2D eigenvalue weighted by molar-refractivity contribution is 0.488. The molecule has 2 aliphatic heterocycles. The molecule has 1 aromatic heterocycles. The van der Waals surface area contributed by atoms with Crippen molar-refractivity contribution in [2.75, 3.05) is 0 Å². The molecule has 0 radical (unpaired) electrons. The molecule has 0 amide bonds. The number of nitrogens with zero attached hydrogens (tertiary/aromatic N) is 1. The number of hydrogen-bond donors (Lipinski definition) is 0. The van der Waals surface area contributed by atoms with Gasteiger partial charge in [0.25, 0.3) is 5.99 Å². The van der Waals surface area contributed by atoms with E-state index in [1.165, 1.54) is 59.9 Å². The van der Waals surface area contributed by atoms with E-state index >= 15 is 0 Å². The molecule has 8 aromatic rings. The molecule has 0 fully saturated rings.